The number of amides is 2. The molecule has 36 heavy (non-hydrogen) atoms. The van der Waals surface area contributed by atoms with Crippen LogP contribution >= 0.6 is 23.8 Å². The van der Waals surface area contributed by atoms with E-state index in [0.29, 0.717) is 22.0 Å². The fourth-order valence-electron chi connectivity index (χ4n) is 3.73. The molecule has 0 unspecified atom stereocenters. The molecule has 0 radical (unpaired) electrons. The van der Waals surface area contributed by atoms with Gasteiger partial charge in [-0.3, -0.25) is 29.0 Å². The van der Waals surface area contributed by atoms with Crippen LogP contribution in [0.5, 0.6) is 0 Å². The number of rotatable bonds is 4. The van der Waals surface area contributed by atoms with Gasteiger partial charge in [-0.15, -0.1) is 0 Å². The molecule has 2 amide bonds. The molecular weight excluding hydrogens is 498 g/mol. The summed E-state index contributed by atoms with van der Waals surface area (Å²) in [5, 5.41) is 6.07. The molecule has 5 rings (SSSR count). The number of carbonyl (C=O) groups is 2. The average molecular weight is 516 g/mol. The van der Waals surface area contributed by atoms with Crippen LogP contribution in [0.3, 0.4) is 0 Å². The minimum Gasteiger partial charge on any atom is -0.339 e. The summed E-state index contributed by atoms with van der Waals surface area (Å²) < 4.78 is 1.35. The Morgan fingerprint density at radius 3 is 2.44 bits per heavy atom. The van der Waals surface area contributed by atoms with Gasteiger partial charge in [0.15, 0.2) is 5.11 Å². The Kier molecular flexibility index (Phi) is 6.09. The van der Waals surface area contributed by atoms with Gasteiger partial charge in [-0.25, -0.2) is 4.98 Å². The molecule has 3 heterocycles. The van der Waals surface area contributed by atoms with Gasteiger partial charge in [-0.2, -0.15) is 0 Å². The summed E-state index contributed by atoms with van der Waals surface area (Å²) in [6.07, 6.45) is 2.81. The zero-order chi connectivity index (χ0) is 25.4. The molecule has 0 bridgehead atoms. The van der Waals surface area contributed by atoms with Gasteiger partial charge < -0.3 is 5.32 Å². The number of pyridine rings is 1. The molecule has 1 saturated heterocycles. The standard InChI is InChI=1S/C26H18ClN5O3S/c1-15-5-9-17(10-6-15)28-22-19(24(34)31-13-3-2-4-21(31)29-22)14-20-23(33)30-26(36)32(25(20)35)18-11-7-16(27)8-12-18/h2-14,28H,1H3,(H,30,33,36)/b20-14-. The third kappa shape index (κ3) is 4.37. The third-order valence-electron chi connectivity index (χ3n) is 5.56. The minimum absolute atomic E-state index is 0.0432. The number of aryl methyl sites for hydroxylation is 1. The molecular formula is C26H18ClN5O3S. The first-order valence-electron chi connectivity index (χ1n) is 10.8. The third-order valence-corrected chi connectivity index (χ3v) is 6.10. The molecule has 2 aromatic carbocycles. The monoisotopic (exact) mass is 515 g/mol. The highest BCUT2D eigenvalue weighted by molar-refractivity contribution is 7.80. The Morgan fingerprint density at radius 1 is 1.00 bits per heavy atom. The van der Waals surface area contributed by atoms with Gasteiger partial charge in [0, 0.05) is 16.9 Å². The van der Waals surface area contributed by atoms with E-state index in [1.165, 1.54) is 15.4 Å². The Hall–Kier alpha value is -4.34. The van der Waals surface area contributed by atoms with Crippen molar-refractivity contribution in [3.63, 3.8) is 0 Å². The molecule has 0 aliphatic carbocycles. The van der Waals surface area contributed by atoms with Crippen molar-refractivity contribution in [2.75, 3.05) is 10.2 Å². The van der Waals surface area contributed by atoms with E-state index < -0.39 is 17.4 Å². The number of hydrogen-bond acceptors (Lipinski definition) is 6. The van der Waals surface area contributed by atoms with Crippen molar-refractivity contribution in [3.05, 3.63) is 105 Å². The van der Waals surface area contributed by atoms with Crippen LogP contribution in [0, 0.1) is 6.92 Å². The van der Waals surface area contributed by atoms with Crippen LogP contribution in [0.2, 0.25) is 5.02 Å². The average Bonchev–Trinajstić information content (AvgIpc) is 2.86. The van der Waals surface area contributed by atoms with E-state index in [9.17, 15) is 14.4 Å². The molecule has 2 N–H and O–H groups in total. The van der Waals surface area contributed by atoms with Crippen LogP contribution in [0.1, 0.15) is 11.1 Å². The van der Waals surface area contributed by atoms with E-state index in [1.807, 2.05) is 31.2 Å². The van der Waals surface area contributed by atoms with Crippen LogP contribution in [0.25, 0.3) is 11.7 Å². The number of carbonyl (C=O) groups excluding carboxylic acids is 2. The predicted molar refractivity (Wildman–Crippen MR) is 144 cm³/mol. The Bertz CT molecular complexity index is 1630. The van der Waals surface area contributed by atoms with Crippen LogP contribution in [-0.4, -0.2) is 26.3 Å². The van der Waals surface area contributed by atoms with Gasteiger partial charge in [0.05, 0.1) is 11.3 Å². The van der Waals surface area contributed by atoms with Gasteiger partial charge >= 0.3 is 0 Å². The summed E-state index contributed by atoms with van der Waals surface area (Å²) in [7, 11) is 0. The van der Waals surface area contributed by atoms with Gasteiger partial charge in [0.25, 0.3) is 17.4 Å². The molecule has 10 heteroatoms. The first-order chi connectivity index (χ1) is 17.3. The SMILES string of the molecule is Cc1ccc(Nc2nc3ccccn3c(=O)c2/C=C2/C(=O)NC(=S)N(c3ccc(Cl)cc3)C2=O)cc1. The molecule has 0 spiro atoms. The number of halogens is 1. The summed E-state index contributed by atoms with van der Waals surface area (Å²) in [6, 6.07) is 19.1. The number of nitrogens with zero attached hydrogens (tertiary/aromatic N) is 3. The first-order valence-corrected chi connectivity index (χ1v) is 11.6. The fourth-order valence-corrected chi connectivity index (χ4v) is 4.14. The second-order valence-electron chi connectivity index (χ2n) is 8.03. The number of aromatic nitrogens is 2. The molecule has 2 aromatic heterocycles. The van der Waals surface area contributed by atoms with E-state index >= 15 is 0 Å². The molecule has 1 fully saturated rings. The van der Waals surface area contributed by atoms with Crippen LogP contribution in [0.15, 0.2) is 83.3 Å². The van der Waals surface area contributed by atoms with Crippen molar-refractivity contribution >= 4 is 69.7 Å². The van der Waals surface area contributed by atoms with E-state index in [2.05, 4.69) is 15.6 Å². The topological polar surface area (TPSA) is 95.8 Å². The lowest BCUT2D eigenvalue weighted by Gasteiger charge is -2.29. The first kappa shape index (κ1) is 23.4. The van der Waals surface area contributed by atoms with Crippen molar-refractivity contribution in [1.29, 1.82) is 0 Å². The number of thiocarbonyl (C=S) groups is 1. The van der Waals surface area contributed by atoms with Crippen LogP contribution in [0.4, 0.5) is 17.2 Å². The summed E-state index contributed by atoms with van der Waals surface area (Å²) in [5.74, 6) is -1.19. The van der Waals surface area contributed by atoms with Crippen LogP contribution < -0.4 is 21.1 Å². The molecule has 4 aromatic rings. The predicted octanol–water partition coefficient (Wildman–Crippen LogP) is 4.23. The van der Waals surface area contributed by atoms with E-state index in [-0.39, 0.29) is 22.1 Å². The lowest BCUT2D eigenvalue weighted by atomic mass is 10.1. The van der Waals surface area contributed by atoms with Gasteiger partial charge in [0.2, 0.25) is 0 Å². The van der Waals surface area contributed by atoms with Gasteiger partial charge in [-0.1, -0.05) is 35.4 Å². The van der Waals surface area contributed by atoms with Crippen molar-refractivity contribution in [1.82, 2.24) is 14.7 Å². The lowest BCUT2D eigenvalue weighted by molar-refractivity contribution is -0.122. The number of fused-ring (bicyclic) bond motifs is 1. The maximum absolute atomic E-state index is 13.5. The molecule has 0 saturated carbocycles. The number of nitrogens with one attached hydrogen (secondary N) is 2. The largest absolute Gasteiger partial charge is 0.339 e. The van der Waals surface area contributed by atoms with Gasteiger partial charge in [0.1, 0.15) is 17.0 Å². The van der Waals surface area contributed by atoms with Gasteiger partial charge in [-0.05, 0) is 73.7 Å². The fraction of sp³-hybridized carbons (Fsp3) is 0.0385. The second kappa shape index (κ2) is 9.37. The number of benzene rings is 2. The number of hydrogen-bond donors (Lipinski definition) is 2. The molecule has 178 valence electrons. The van der Waals surface area contributed by atoms with Crippen molar-refractivity contribution in [2.45, 2.75) is 6.92 Å². The molecule has 8 nitrogen and oxygen atoms in total. The van der Waals surface area contributed by atoms with E-state index in [1.54, 1.807) is 48.7 Å². The minimum atomic E-state index is -0.714. The van der Waals surface area contributed by atoms with Crippen molar-refractivity contribution in [3.8, 4) is 0 Å². The van der Waals surface area contributed by atoms with Crippen LogP contribution in [-0.2, 0) is 9.59 Å². The molecule has 1 aliphatic rings. The summed E-state index contributed by atoms with van der Waals surface area (Å²) in [6.45, 7) is 1.96. The zero-order valence-corrected chi connectivity index (χ0v) is 20.4. The molecule has 1 aliphatic heterocycles. The highest BCUT2D eigenvalue weighted by Crippen LogP contribution is 2.25. The van der Waals surface area contributed by atoms with Crippen molar-refractivity contribution < 1.29 is 9.59 Å². The summed E-state index contributed by atoms with van der Waals surface area (Å²) in [5.41, 5.74) is 1.92. The molecule has 0 atom stereocenters. The highest BCUT2D eigenvalue weighted by Gasteiger charge is 2.35. The van der Waals surface area contributed by atoms with Crippen molar-refractivity contribution in [2.24, 2.45) is 0 Å². The smallest absolute Gasteiger partial charge is 0.270 e. The number of anilines is 3. The second-order valence-corrected chi connectivity index (χ2v) is 8.86. The quantitative estimate of drug-likeness (QED) is 0.240. The Balaban J connectivity index is 1.65. The summed E-state index contributed by atoms with van der Waals surface area (Å²) >= 11 is 11.2. The maximum Gasteiger partial charge on any atom is 0.270 e. The zero-order valence-electron chi connectivity index (χ0n) is 18.9. The summed E-state index contributed by atoms with van der Waals surface area (Å²) in [4.78, 5) is 45.5. The normalized spacial score (nSPS) is 14.9. The van der Waals surface area contributed by atoms with E-state index in [0.717, 1.165) is 5.56 Å². The lowest BCUT2D eigenvalue weighted by Crippen LogP contribution is -2.54. The maximum atomic E-state index is 13.5. The Morgan fingerprint density at radius 2 is 1.72 bits per heavy atom. The van der Waals surface area contributed by atoms with E-state index in [4.69, 9.17) is 23.8 Å². The Labute approximate surface area is 215 Å². The highest BCUT2D eigenvalue weighted by atomic mass is 35.5.